The summed E-state index contributed by atoms with van der Waals surface area (Å²) in [6.07, 6.45) is 4.23. The van der Waals surface area contributed by atoms with Gasteiger partial charge in [0.05, 0.1) is 13.2 Å². The molecular formula is C29H41N3O6. The molecule has 0 radical (unpaired) electrons. The Morgan fingerprint density at radius 3 is 2.68 bits per heavy atom. The second-order valence-corrected chi connectivity index (χ2v) is 11.8. The van der Waals surface area contributed by atoms with Crippen LogP contribution in [0.3, 0.4) is 0 Å². The number of aliphatic hydroxyl groups is 1. The van der Waals surface area contributed by atoms with Crippen molar-refractivity contribution < 1.29 is 28.9 Å². The van der Waals surface area contributed by atoms with Crippen LogP contribution in [0.25, 0.3) is 0 Å². The number of benzene rings is 1. The van der Waals surface area contributed by atoms with Crippen molar-refractivity contribution in [3.63, 3.8) is 0 Å². The Morgan fingerprint density at radius 1 is 1.26 bits per heavy atom. The number of hydrogen-bond acceptors (Lipinski definition) is 8. The summed E-state index contributed by atoms with van der Waals surface area (Å²) in [7, 11) is 3.61. The molecule has 0 bridgehead atoms. The van der Waals surface area contributed by atoms with Crippen molar-refractivity contribution in [3.05, 3.63) is 35.9 Å². The minimum absolute atomic E-state index is 0.00788. The molecule has 6 atom stereocenters. The van der Waals surface area contributed by atoms with E-state index in [4.69, 9.17) is 14.2 Å². The third kappa shape index (κ3) is 3.65. The molecule has 208 valence electrons. The highest BCUT2D eigenvalue weighted by Gasteiger charge is 2.78. The van der Waals surface area contributed by atoms with Crippen molar-refractivity contribution in [1.82, 2.24) is 10.2 Å². The Balaban J connectivity index is 1.69. The third-order valence-electron chi connectivity index (χ3n) is 9.31. The van der Waals surface area contributed by atoms with E-state index >= 15 is 0 Å². The summed E-state index contributed by atoms with van der Waals surface area (Å²) in [4.78, 5) is 29.9. The Bertz CT molecular complexity index is 1140. The first-order valence-corrected chi connectivity index (χ1v) is 13.7. The number of rotatable bonds is 7. The lowest BCUT2D eigenvalue weighted by Crippen LogP contribution is -2.80. The predicted molar refractivity (Wildman–Crippen MR) is 143 cm³/mol. The molecule has 1 aliphatic carbocycles. The quantitative estimate of drug-likeness (QED) is 0.413. The van der Waals surface area contributed by atoms with Gasteiger partial charge in [0.15, 0.2) is 5.60 Å². The van der Waals surface area contributed by atoms with Crippen LogP contribution in [0.4, 0.5) is 10.5 Å². The van der Waals surface area contributed by atoms with Crippen LogP contribution in [-0.4, -0.2) is 86.3 Å². The molecule has 1 aromatic rings. The van der Waals surface area contributed by atoms with Crippen LogP contribution >= 0.6 is 0 Å². The fourth-order valence-electron chi connectivity index (χ4n) is 8.13. The van der Waals surface area contributed by atoms with E-state index < -0.39 is 40.6 Å². The van der Waals surface area contributed by atoms with E-state index in [1.807, 2.05) is 33.0 Å². The molecule has 1 spiro atoms. The van der Waals surface area contributed by atoms with Crippen molar-refractivity contribution in [1.29, 1.82) is 0 Å². The number of carbonyl (C=O) groups excluding carboxylic acids is 2. The van der Waals surface area contributed by atoms with E-state index in [2.05, 4.69) is 40.3 Å². The maximum Gasteiger partial charge on any atom is 0.407 e. The third-order valence-corrected chi connectivity index (χ3v) is 9.31. The zero-order chi connectivity index (χ0) is 27.5. The van der Waals surface area contributed by atoms with Gasteiger partial charge in [0.1, 0.15) is 18.5 Å². The van der Waals surface area contributed by atoms with Crippen molar-refractivity contribution in [3.8, 4) is 5.75 Å². The molecule has 2 fully saturated rings. The molecule has 5 rings (SSSR count). The first-order chi connectivity index (χ1) is 18.0. The minimum Gasteiger partial charge on any atom is -0.497 e. The SMILES string of the molecule is CC[C@]12C=CCN3CC[C@@]4(c5ccc(OC)cc5N(C)[C@H]4C(O)(COC(=O)NCC(C)C)[C@@H]1OC(C)=O)[C@@H]32. The Kier molecular flexibility index (Phi) is 6.67. The van der Waals surface area contributed by atoms with Gasteiger partial charge in [-0.1, -0.05) is 39.0 Å². The molecule has 1 saturated heterocycles. The molecule has 1 aromatic carbocycles. The second-order valence-electron chi connectivity index (χ2n) is 11.8. The lowest BCUT2D eigenvalue weighted by molar-refractivity contribution is -0.228. The maximum atomic E-state index is 12.9. The fraction of sp³-hybridized carbons (Fsp3) is 0.655. The van der Waals surface area contributed by atoms with E-state index in [1.165, 1.54) is 6.92 Å². The van der Waals surface area contributed by atoms with Gasteiger partial charge in [-0.25, -0.2) is 4.79 Å². The van der Waals surface area contributed by atoms with Gasteiger partial charge in [-0.3, -0.25) is 9.69 Å². The first kappa shape index (κ1) is 26.8. The topological polar surface area (TPSA) is 101 Å². The summed E-state index contributed by atoms with van der Waals surface area (Å²) < 4.78 is 17.4. The van der Waals surface area contributed by atoms with E-state index in [0.29, 0.717) is 13.0 Å². The van der Waals surface area contributed by atoms with Gasteiger partial charge in [-0.15, -0.1) is 0 Å². The average molecular weight is 528 g/mol. The lowest BCUT2D eigenvalue weighted by atomic mass is 9.48. The van der Waals surface area contributed by atoms with Crippen molar-refractivity contribution >= 4 is 17.7 Å². The first-order valence-electron chi connectivity index (χ1n) is 13.7. The lowest BCUT2D eigenvalue weighted by Gasteiger charge is -2.64. The highest BCUT2D eigenvalue weighted by atomic mass is 16.6. The summed E-state index contributed by atoms with van der Waals surface area (Å²) in [5.74, 6) is 0.514. The van der Waals surface area contributed by atoms with E-state index in [-0.39, 0.29) is 18.6 Å². The fourth-order valence-corrected chi connectivity index (χ4v) is 8.13. The number of alkyl carbamates (subject to hydrolysis) is 1. The van der Waals surface area contributed by atoms with Gasteiger partial charge in [-0.05, 0) is 36.9 Å². The number of nitrogens with zero attached hydrogens (tertiary/aromatic N) is 2. The second kappa shape index (κ2) is 9.45. The van der Waals surface area contributed by atoms with Crippen molar-refractivity contribution in [2.75, 3.05) is 45.3 Å². The highest BCUT2D eigenvalue weighted by molar-refractivity contribution is 5.72. The van der Waals surface area contributed by atoms with Crippen LogP contribution in [0.1, 0.15) is 46.1 Å². The number of hydrogen-bond donors (Lipinski definition) is 2. The van der Waals surface area contributed by atoms with Gasteiger partial charge in [0.25, 0.3) is 0 Å². The molecular weight excluding hydrogens is 486 g/mol. The summed E-state index contributed by atoms with van der Waals surface area (Å²) in [5, 5.41) is 15.7. The standard InChI is InChI=1S/C29H41N3O6/c1-7-27-11-8-13-32-14-12-28(23(27)32)21-10-9-20(36-6)15-22(21)31(5)24(28)29(35,25(27)38-19(4)33)17-37-26(34)30-16-18(2)3/h8-11,15,18,23-25,35H,7,12-14,16-17H2,1-6H3,(H,30,34)/t23-,24+,25+,27+,28+,29?/m0/s1. The minimum atomic E-state index is -1.69. The van der Waals surface area contributed by atoms with Crippen LogP contribution in [0.15, 0.2) is 30.4 Å². The monoisotopic (exact) mass is 527 g/mol. The van der Waals surface area contributed by atoms with Gasteiger partial charge < -0.3 is 29.5 Å². The smallest absolute Gasteiger partial charge is 0.407 e. The van der Waals surface area contributed by atoms with Gasteiger partial charge in [0.2, 0.25) is 0 Å². The van der Waals surface area contributed by atoms with E-state index in [1.54, 1.807) is 7.11 Å². The maximum absolute atomic E-state index is 12.9. The Labute approximate surface area is 225 Å². The van der Waals surface area contributed by atoms with Crippen LogP contribution in [0.5, 0.6) is 5.75 Å². The van der Waals surface area contributed by atoms with Crippen LogP contribution in [0, 0.1) is 11.3 Å². The summed E-state index contributed by atoms with van der Waals surface area (Å²) in [5.41, 5.74) is -0.713. The number of amides is 1. The molecule has 1 unspecified atom stereocenters. The number of nitrogens with one attached hydrogen (secondary N) is 1. The molecule has 3 aliphatic heterocycles. The number of esters is 1. The number of methoxy groups -OCH3 is 1. The molecule has 3 heterocycles. The molecule has 38 heavy (non-hydrogen) atoms. The highest BCUT2D eigenvalue weighted by Crippen LogP contribution is 2.67. The molecule has 2 N–H and O–H groups in total. The molecule has 9 heteroatoms. The summed E-state index contributed by atoms with van der Waals surface area (Å²) in [6.45, 7) is 9.27. The van der Waals surface area contributed by atoms with Crippen LogP contribution in [0.2, 0.25) is 0 Å². The van der Waals surface area contributed by atoms with Crippen molar-refractivity contribution in [2.45, 2.75) is 69.7 Å². The largest absolute Gasteiger partial charge is 0.497 e. The Hall–Kier alpha value is -2.78. The zero-order valence-electron chi connectivity index (χ0n) is 23.3. The Morgan fingerprint density at radius 2 is 2.03 bits per heavy atom. The van der Waals surface area contributed by atoms with Gasteiger partial charge in [-0.2, -0.15) is 0 Å². The van der Waals surface area contributed by atoms with Gasteiger partial charge in [0, 0.05) is 55.7 Å². The normalized spacial score (nSPS) is 34.9. The van der Waals surface area contributed by atoms with E-state index in [0.717, 1.165) is 36.5 Å². The number of anilines is 1. The molecule has 1 amide bonds. The molecule has 4 aliphatic rings. The van der Waals surface area contributed by atoms with Crippen molar-refractivity contribution in [2.24, 2.45) is 11.3 Å². The number of carbonyl (C=O) groups is 2. The number of likely N-dealkylation sites (N-methyl/N-ethyl adjacent to an activating group) is 1. The number of fused-ring (bicyclic) bond motifs is 1. The summed E-state index contributed by atoms with van der Waals surface area (Å²) >= 11 is 0. The van der Waals surface area contributed by atoms with E-state index in [9.17, 15) is 14.7 Å². The molecule has 9 nitrogen and oxygen atoms in total. The predicted octanol–water partition coefficient (Wildman–Crippen LogP) is 2.85. The molecule has 0 aromatic heterocycles. The summed E-state index contributed by atoms with van der Waals surface area (Å²) in [6, 6.07) is 5.60. The zero-order valence-corrected chi connectivity index (χ0v) is 23.3. The van der Waals surface area contributed by atoms with Gasteiger partial charge >= 0.3 is 12.1 Å². The van der Waals surface area contributed by atoms with Crippen LogP contribution < -0.4 is 15.0 Å². The average Bonchev–Trinajstić information content (AvgIpc) is 3.40. The number of ether oxygens (including phenoxy) is 3. The van der Waals surface area contributed by atoms with Crippen LogP contribution in [-0.2, 0) is 19.7 Å². The molecule has 1 saturated carbocycles.